The Bertz CT molecular complexity index is 1090. The van der Waals surface area contributed by atoms with E-state index in [4.69, 9.17) is 4.74 Å². The van der Waals surface area contributed by atoms with Crippen LogP contribution >= 0.6 is 0 Å². The molecule has 174 valence electrons. The first-order valence-electron chi connectivity index (χ1n) is 10.9. The number of nitrogens with one attached hydrogen (secondary N) is 1. The minimum absolute atomic E-state index is 0.0900. The monoisotopic (exact) mass is 449 g/mol. The van der Waals surface area contributed by atoms with Crippen LogP contribution in [0.15, 0.2) is 35.9 Å². The lowest BCUT2D eigenvalue weighted by Crippen LogP contribution is -2.22. The lowest BCUT2D eigenvalue weighted by molar-refractivity contribution is -0.137. The summed E-state index contributed by atoms with van der Waals surface area (Å²) in [5, 5.41) is 12.2. The Morgan fingerprint density at radius 2 is 1.85 bits per heavy atom. The van der Waals surface area contributed by atoms with Crippen molar-refractivity contribution in [2.24, 2.45) is 5.92 Å². The molecule has 0 unspecified atom stereocenters. The van der Waals surface area contributed by atoms with Gasteiger partial charge in [-0.1, -0.05) is 38.1 Å². The van der Waals surface area contributed by atoms with Gasteiger partial charge in [0.05, 0.1) is 0 Å². The topological polar surface area (TPSA) is 101 Å². The number of nitrogens with zero attached hydrogens (tertiary/aromatic N) is 2. The summed E-state index contributed by atoms with van der Waals surface area (Å²) >= 11 is 0. The van der Waals surface area contributed by atoms with E-state index in [1.807, 2.05) is 26.0 Å². The van der Waals surface area contributed by atoms with Crippen LogP contribution in [0.5, 0.6) is 0 Å². The number of amides is 1. The van der Waals surface area contributed by atoms with Gasteiger partial charge in [-0.05, 0) is 49.5 Å². The number of nitriles is 1. The van der Waals surface area contributed by atoms with Crippen molar-refractivity contribution >= 4 is 23.7 Å². The molecular weight excluding hydrogens is 418 g/mol. The molecule has 2 aromatic rings. The van der Waals surface area contributed by atoms with Gasteiger partial charge in [-0.3, -0.25) is 9.59 Å². The molecule has 0 bridgehead atoms. The van der Waals surface area contributed by atoms with E-state index in [1.165, 1.54) is 13.0 Å². The Hall–Kier alpha value is -3.66. The van der Waals surface area contributed by atoms with Crippen molar-refractivity contribution in [3.8, 4) is 6.07 Å². The summed E-state index contributed by atoms with van der Waals surface area (Å²) in [6.45, 7) is 10.6. The van der Waals surface area contributed by atoms with Gasteiger partial charge in [0, 0.05) is 37.0 Å². The van der Waals surface area contributed by atoms with Crippen LogP contribution in [0, 0.1) is 31.1 Å². The van der Waals surface area contributed by atoms with E-state index in [0.29, 0.717) is 24.4 Å². The molecule has 33 heavy (non-hydrogen) atoms. The Morgan fingerprint density at radius 3 is 2.42 bits per heavy atom. The average molecular weight is 450 g/mol. The number of aromatic nitrogens is 1. The van der Waals surface area contributed by atoms with Crippen molar-refractivity contribution in [2.75, 3.05) is 13.2 Å². The third kappa shape index (κ3) is 7.46. The number of hydrogen-bond donors (Lipinski definition) is 1. The Morgan fingerprint density at radius 1 is 1.18 bits per heavy atom. The largest absolute Gasteiger partial charge is 0.453 e. The standard InChI is InChI=1S/C26H31N3O4/c1-17(2)15-29-18(3)12-23(19(29)4)13-24(14-27)26(32)33-16-25(31)22-8-6-21(7-9-22)10-11-28-20(5)30/h6-9,12-13,17H,10-11,15-16H2,1-5H3,(H,28,30)/b24-13+. The van der Waals surface area contributed by atoms with Gasteiger partial charge in [-0.15, -0.1) is 0 Å². The normalized spacial score (nSPS) is 11.2. The van der Waals surface area contributed by atoms with E-state index < -0.39 is 12.6 Å². The molecule has 0 spiro atoms. The number of benzene rings is 1. The maximum Gasteiger partial charge on any atom is 0.349 e. The van der Waals surface area contributed by atoms with E-state index in [2.05, 4.69) is 23.7 Å². The smallest absolute Gasteiger partial charge is 0.349 e. The second-order valence-electron chi connectivity index (χ2n) is 8.43. The number of ketones is 1. The molecule has 0 aliphatic carbocycles. The van der Waals surface area contributed by atoms with Crippen LogP contribution in [-0.2, 0) is 27.3 Å². The second-order valence-corrected chi connectivity index (χ2v) is 8.43. The molecule has 1 aromatic heterocycles. The Balaban J connectivity index is 2.00. The van der Waals surface area contributed by atoms with Gasteiger partial charge in [0.2, 0.25) is 5.91 Å². The number of hydrogen-bond acceptors (Lipinski definition) is 5. The zero-order valence-corrected chi connectivity index (χ0v) is 19.9. The lowest BCUT2D eigenvalue weighted by Gasteiger charge is -2.12. The molecule has 0 aliphatic heterocycles. The summed E-state index contributed by atoms with van der Waals surface area (Å²) in [5.41, 5.74) is 4.03. The SMILES string of the molecule is CC(=O)NCCc1ccc(C(=O)COC(=O)/C(C#N)=C/c2cc(C)n(CC(C)C)c2C)cc1. The average Bonchev–Trinajstić information content (AvgIpc) is 3.02. The quantitative estimate of drug-likeness (QED) is 0.257. The summed E-state index contributed by atoms with van der Waals surface area (Å²) in [6.07, 6.45) is 2.16. The number of carbonyl (C=O) groups is 3. The van der Waals surface area contributed by atoms with Gasteiger partial charge in [0.25, 0.3) is 0 Å². The summed E-state index contributed by atoms with van der Waals surface area (Å²) < 4.78 is 7.27. The van der Waals surface area contributed by atoms with Crippen molar-refractivity contribution in [2.45, 2.75) is 47.6 Å². The molecule has 0 aliphatic rings. The molecule has 1 heterocycles. The van der Waals surface area contributed by atoms with Gasteiger partial charge in [-0.25, -0.2) is 4.79 Å². The summed E-state index contributed by atoms with van der Waals surface area (Å²) in [6, 6.07) is 10.7. The van der Waals surface area contributed by atoms with Gasteiger partial charge in [0.1, 0.15) is 11.6 Å². The predicted molar refractivity (Wildman–Crippen MR) is 126 cm³/mol. The van der Waals surface area contributed by atoms with Crippen LogP contribution in [0.1, 0.15) is 53.6 Å². The van der Waals surface area contributed by atoms with E-state index >= 15 is 0 Å². The number of aryl methyl sites for hydroxylation is 1. The van der Waals surface area contributed by atoms with E-state index in [9.17, 15) is 19.6 Å². The van der Waals surface area contributed by atoms with E-state index in [-0.39, 0.29) is 17.3 Å². The van der Waals surface area contributed by atoms with Crippen LogP contribution in [-0.4, -0.2) is 35.4 Å². The van der Waals surface area contributed by atoms with E-state index in [0.717, 1.165) is 29.1 Å². The molecule has 2 rings (SSSR count). The lowest BCUT2D eigenvalue weighted by atomic mass is 10.1. The van der Waals surface area contributed by atoms with Gasteiger partial charge < -0.3 is 14.6 Å². The highest BCUT2D eigenvalue weighted by Crippen LogP contribution is 2.20. The molecule has 0 radical (unpaired) electrons. The van der Waals surface area contributed by atoms with Gasteiger partial charge in [-0.2, -0.15) is 5.26 Å². The van der Waals surface area contributed by atoms with Crippen LogP contribution in [0.2, 0.25) is 0 Å². The van der Waals surface area contributed by atoms with Crippen molar-refractivity contribution in [3.05, 3.63) is 64.0 Å². The molecule has 7 nitrogen and oxygen atoms in total. The van der Waals surface area contributed by atoms with Crippen LogP contribution in [0.25, 0.3) is 6.08 Å². The highest BCUT2D eigenvalue weighted by atomic mass is 16.5. The fourth-order valence-electron chi connectivity index (χ4n) is 3.44. The Labute approximate surface area is 195 Å². The number of Topliss-reactive ketones (excluding diaryl/α,β-unsaturated/α-hetero) is 1. The van der Waals surface area contributed by atoms with Crippen molar-refractivity contribution < 1.29 is 19.1 Å². The van der Waals surface area contributed by atoms with Crippen LogP contribution in [0.4, 0.5) is 0 Å². The maximum absolute atomic E-state index is 12.4. The number of ether oxygens (including phenoxy) is 1. The Kier molecular flexibility index (Phi) is 9.17. The fourth-order valence-corrected chi connectivity index (χ4v) is 3.44. The molecule has 0 saturated carbocycles. The molecule has 0 atom stereocenters. The highest BCUT2D eigenvalue weighted by Gasteiger charge is 2.16. The molecule has 0 fully saturated rings. The third-order valence-electron chi connectivity index (χ3n) is 5.20. The number of esters is 1. The van der Waals surface area contributed by atoms with Crippen LogP contribution < -0.4 is 5.32 Å². The molecular formula is C26H31N3O4. The maximum atomic E-state index is 12.4. The zero-order chi connectivity index (χ0) is 24.5. The van der Waals surface area contributed by atoms with Gasteiger partial charge >= 0.3 is 5.97 Å². The fraction of sp³-hybridized carbons (Fsp3) is 0.385. The first-order valence-corrected chi connectivity index (χ1v) is 10.9. The second kappa shape index (κ2) is 11.8. The summed E-state index contributed by atoms with van der Waals surface area (Å²) in [5.74, 6) is -0.812. The van der Waals surface area contributed by atoms with Crippen LogP contribution in [0.3, 0.4) is 0 Å². The van der Waals surface area contributed by atoms with Gasteiger partial charge in [0.15, 0.2) is 12.4 Å². The first kappa shape index (κ1) is 25.6. The number of rotatable bonds is 10. The third-order valence-corrected chi connectivity index (χ3v) is 5.20. The summed E-state index contributed by atoms with van der Waals surface area (Å²) in [7, 11) is 0. The molecule has 1 aromatic carbocycles. The van der Waals surface area contributed by atoms with Crippen molar-refractivity contribution in [3.63, 3.8) is 0 Å². The predicted octanol–water partition coefficient (Wildman–Crippen LogP) is 3.77. The van der Waals surface area contributed by atoms with Crippen molar-refractivity contribution in [1.29, 1.82) is 5.26 Å². The highest BCUT2D eigenvalue weighted by molar-refractivity contribution is 6.02. The minimum Gasteiger partial charge on any atom is -0.453 e. The minimum atomic E-state index is -0.827. The van der Waals surface area contributed by atoms with E-state index in [1.54, 1.807) is 24.3 Å². The number of carbonyl (C=O) groups excluding carboxylic acids is 3. The van der Waals surface area contributed by atoms with Crippen molar-refractivity contribution in [1.82, 2.24) is 9.88 Å². The summed E-state index contributed by atoms with van der Waals surface area (Å²) in [4.78, 5) is 35.7. The first-order chi connectivity index (χ1) is 15.6. The molecule has 0 saturated heterocycles. The molecule has 7 heteroatoms. The molecule has 1 N–H and O–H groups in total. The molecule has 1 amide bonds. The zero-order valence-electron chi connectivity index (χ0n) is 19.9.